The van der Waals surface area contributed by atoms with Gasteiger partial charge in [-0.2, -0.15) is 0 Å². The minimum absolute atomic E-state index is 0.218. The number of carboxylic acid groups (broad SMARTS) is 1. The molecular formula is C10H14N2O2S. The van der Waals surface area contributed by atoms with Gasteiger partial charge in [0.1, 0.15) is 5.01 Å². The molecule has 1 N–H and O–H groups in total. The molecule has 2 heterocycles. The number of likely N-dealkylation sites (tertiary alicyclic amines) is 1. The molecule has 1 aromatic rings. The van der Waals surface area contributed by atoms with Crippen LogP contribution in [0.2, 0.25) is 0 Å². The second-order valence-electron chi connectivity index (χ2n) is 4.04. The average molecular weight is 226 g/mol. The number of carbonyl (C=O) groups is 1. The second-order valence-corrected chi connectivity index (χ2v) is 5.02. The SMILES string of the molecule is CC1CN(Cc2nccs2)CC1C(=O)O. The van der Waals surface area contributed by atoms with Gasteiger partial charge in [0.15, 0.2) is 0 Å². The van der Waals surface area contributed by atoms with Gasteiger partial charge in [-0.05, 0) is 5.92 Å². The summed E-state index contributed by atoms with van der Waals surface area (Å²) in [6.07, 6.45) is 1.79. The first kappa shape index (κ1) is 10.6. The van der Waals surface area contributed by atoms with Crippen LogP contribution in [0.3, 0.4) is 0 Å². The minimum atomic E-state index is -0.677. The van der Waals surface area contributed by atoms with Crippen molar-refractivity contribution in [1.29, 1.82) is 0 Å². The van der Waals surface area contributed by atoms with Crippen LogP contribution in [-0.4, -0.2) is 34.0 Å². The molecular weight excluding hydrogens is 212 g/mol. The summed E-state index contributed by atoms with van der Waals surface area (Å²) >= 11 is 1.62. The van der Waals surface area contributed by atoms with E-state index in [9.17, 15) is 4.79 Å². The van der Waals surface area contributed by atoms with E-state index in [1.165, 1.54) is 0 Å². The first-order valence-electron chi connectivity index (χ1n) is 5.00. The molecule has 1 aliphatic rings. The Bertz CT molecular complexity index is 339. The zero-order valence-electron chi connectivity index (χ0n) is 8.59. The molecule has 2 rings (SSSR count). The number of nitrogens with zero attached hydrogens (tertiary/aromatic N) is 2. The largest absolute Gasteiger partial charge is 0.481 e. The normalized spacial score (nSPS) is 27.0. The fourth-order valence-electron chi connectivity index (χ4n) is 2.04. The van der Waals surface area contributed by atoms with Crippen LogP contribution in [0, 0.1) is 11.8 Å². The molecule has 15 heavy (non-hydrogen) atoms. The molecule has 82 valence electrons. The van der Waals surface area contributed by atoms with Crippen molar-refractivity contribution < 1.29 is 9.90 Å². The first-order chi connectivity index (χ1) is 7.16. The summed E-state index contributed by atoms with van der Waals surface area (Å²) in [6, 6.07) is 0. The molecule has 1 aliphatic heterocycles. The average Bonchev–Trinajstić information content (AvgIpc) is 2.75. The Labute approximate surface area is 92.6 Å². The van der Waals surface area contributed by atoms with E-state index >= 15 is 0 Å². The van der Waals surface area contributed by atoms with Crippen molar-refractivity contribution in [3.8, 4) is 0 Å². The molecule has 0 radical (unpaired) electrons. The number of thiazole rings is 1. The minimum Gasteiger partial charge on any atom is -0.481 e. The molecule has 5 heteroatoms. The zero-order valence-corrected chi connectivity index (χ0v) is 9.41. The lowest BCUT2D eigenvalue weighted by Gasteiger charge is -2.12. The van der Waals surface area contributed by atoms with Crippen LogP contribution in [0.25, 0.3) is 0 Å². The van der Waals surface area contributed by atoms with Gasteiger partial charge in [-0.3, -0.25) is 9.69 Å². The molecule has 0 spiro atoms. The van der Waals surface area contributed by atoms with E-state index in [-0.39, 0.29) is 11.8 Å². The molecule has 2 atom stereocenters. The number of hydrogen-bond donors (Lipinski definition) is 1. The number of rotatable bonds is 3. The van der Waals surface area contributed by atoms with Crippen LogP contribution in [0.1, 0.15) is 11.9 Å². The van der Waals surface area contributed by atoms with Crippen molar-refractivity contribution in [3.63, 3.8) is 0 Å². The highest BCUT2D eigenvalue weighted by molar-refractivity contribution is 7.09. The molecule has 0 bridgehead atoms. The first-order valence-corrected chi connectivity index (χ1v) is 5.88. The van der Waals surface area contributed by atoms with E-state index in [2.05, 4.69) is 9.88 Å². The summed E-state index contributed by atoms with van der Waals surface area (Å²) < 4.78 is 0. The summed E-state index contributed by atoms with van der Waals surface area (Å²) in [7, 11) is 0. The summed E-state index contributed by atoms with van der Waals surface area (Å²) in [5, 5.41) is 12.0. The van der Waals surface area contributed by atoms with Gasteiger partial charge < -0.3 is 5.11 Å². The van der Waals surface area contributed by atoms with Crippen molar-refractivity contribution >= 4 is 17.3 Å². The molecule has 0 aromatic carbocycles. The Morgan fingerprint density at radius 2 is 2.53 bits per heavy atom. The summed E-state index contributed by atoms with van der Waals surface area (Å²) in [6.45, 7) is 4.29. The molecule has 1 aromatic heterocycles. The van der Waals surface area contributed by atoms with E-state index in [0.29, 0.717) is 6.54 Å². The van der Waals surface area contributed by atoms with Gasteiger partial charge >= 0.3 is 5.97 Å². The van der Waals surface area contributed by atoms with Gasteiger partial charge in [-0.1, -0.05) is 6.92 Å². The van der Waals surface area contributed by atoms with Crippen LogP contribution >= 0.6 is 11.3 Å². The van der Waals surface area contributed by atoms with Crippen molar-refractivity contribution in [1.82, 2.24) is 9.88 Å². The summed E-state index contributed by atoms with van der Waals surface area (Å²) in [5.41, 5.74) is 0. The fraction of sp³-hybridized carbons (Fsp3) is 0.600. The molecule has 2 unspecified atom stereocenters. The predicted octanol–water partition coefficient (Wildman–Crippen LogP) is 1.30. The van der Waals surface area contributed by atoms with Crippen molar-refractivity contribution in [2.24, 2.45) is 11.8 Å². The van der Waals surface area contributed by atoms with Gasteiger partial charge in [0, 0.05) is 24.7 Å². The van der Waals surface area contributed by atoms with Gasteiger partial charge in [-0.25, -0.2) is 4.98 Å². The Hall–Kier alpha value is -0.940. The van der Waals surface area contributed by atoms with Crippen molar-refractivity contribution in [3.05, 3.63) is 16.6 Å². The zero-order chi connectivity index (χ0) is 10.8. The standard InChI is InChI=1S/C10H14N2O2S/c1-7-4-12(5-8(7)10(13)14)6-9-11-2-3-15-9/h2-3,7-8H,4-6H2,1H3,(H,13,14). The molecule has 0 saturated carbocycles. The lowest BCUT2D eigenvalue weighted by molar-refractivity contribution is -0.142. The molecule has 4 nitrogen and oxygen atoms in total. The van der Waals surface area contributed by atoms with Crippen LogP contribution in [0.15, 0.2) is 11.6 Å². The van der Waals surface area contributed by atoms with Crippen molar-refractivity contribution in [2.45, 2.75) is 13.5 Å². The maximum absolute atomic E-state index is 10.9. The van der Waals surface area contributed by atoms with E-state index in [0.717, 1.165) is 18.1 Å². The van der Waals surface area contributed by atoms with E-state index in [4.69, 9.17) is 5.11 Å². The third kappa shape index (κ3) is 2.35. The van der Waals surface area contributed by atoms with Gasteiger partial charge in [-0.15, -0.1) is 11.3 Å². The third-order valence-electron chi connectivity index (χ3n) is 2.85. The number of hydrogen-bond acceptors (Lipinski definition) is 4. The summed E-state index contributed by atoms with van der Waals surface area (Å²) in [4.78, 5) is 17.3. The second kappa shape index (κ2) is 4.28. The lowest BCUT2D eigenvalue weighted by Crippen LogP contribution is -2.23. The smallest absolute Gasteiger partial charge is 0.308 e. The fourth-order valence-corrected chi connectivity index (χ4v) is 2.70. The van der Waals surface area contributed by atoms with Crippen LogP contribution in [0.4, 0.5) is 0 Å². The Morgan fingerprint density at radius 3 is 3.07 bits per heavy atom. The Morgan fingerprint density at radius 1 is 1.73 bits per heavy atom. The Balaban J connectivity index is 1.94. The van der Waals surface area contributed by atoms with E-state index in [1.807, 2.05) is 12.3 Å². The van der Waals surface area contributed by atoms with E-state index in [1.54, 1.807) is 17.5 Å². The van der Waals surface area contributed by atoms with Gasteiger partial charge in [0.2, 0.25) is 0 Å². The highest BCUT2D eigenvalue weighted by Gasteiger charge is 2.34. The maximum atomic E-state index is 10.9. The highest BCUT2D eigenvalue weighted by atomic mass is 32.1. The van der Waals surface area contributed by atoms with Crippen LogP contribution in [0.5, 0.6) is 0 Å². The monoisotopic (exact) mass is 226 g/mol. The number of aromatic nitrogens is 1. The Kier molecular flexibility index (Phi) is 3.02. The highest BCUT2D eigenvalue weighted by Crippen LogP contribution is 2.24. The predicted molar refractivity (Wildman–Crippen MR) is 57.7 cm³/mol. The number of carboxylic acids is 1. The topological polar surface area (TPSA) is 53.4 Å². The third-order valence-corrected chi connectivity index (χ3v) is 3.61. The molecule has 0 amide bonds. The van der Waals surface area contributed by atoms with Gasteiger partial charge in [0.05, 0.1) is 12.5 Å². The quantitative estimate of drug-likeness (QED) is 0.844. The summed E-state index contributed by atoms with van der Waals surface area (Å²) in [5.74, 6) is -0.656. The lowest BCUT2D eigenvalue weighted by atomic mass is 9.99. The molecule has 1 fully saturated rings. The molecule has 0 aliphatic carbocycles. The molecule has 1 saturated heterocycles. The van der Waals surface area contributed by atoms with E-state index < -0.39 is 5.97 Å². The van der Waals surface area contributed by atoms with Crippen molar-refractivity contribution in [2.75, 3.05) is 13.1 Å². The maximum Gasteiger partial charge on any atom is 0.308 e. The van der Waals surface area contributed by atoms with Crippen LogP contribution < -0.4 is 0 Å². The van der Waals surface area contributed by atoms with Crippen LogP contribution in [-0.2, 0) is 11.3 Å². The number of aliphatic carboxylic acids is 1. The van der Waals surface area contributed by atoms with Gasteiger partial charge in [0.25, 0.3) is 0 Å².